The van der Waals surface area contributed by atoms with Crippen LogP contribution in [-0.2, 0) is 0 Å². The van der Waals surface area contributed by atoms with Gasteiger partial charge in [0.25, 0.3) is 0 Å². The number of benzene rings is 2. The van der Waals surface area contributed by atoms with E-state index in [2.05, 4.69) is 5.10 Å². The van der Waals surface area contributed by atoms with Gasteiger partial charge >= 0.3 is 0 Å². The van der Waals surface area contributed by atoms with Gasteiger partial charge < -0.3 is 0 Å². The van der Waals surface area contributed by atoms with Crippen molar-refractivity contribution in [2.24, 2.45) is 0 Å². The summed E-state index contributed by atoms with van der Waals surface area (Å²) >= 11 is 7.96. The third-order valence-corrected chi connectivity index (χ3v) is 5.65. The first-order chi connectivity index (χ1) is 11.1. The molecule has 23 heavy (non-hydrogen) atoms. The molecule has 0 spiro atoms. The van der Waals surface area contributed by atoms with Crippen LogP contribution in [0.2, 0.25) is 0 Å². The number of halogens is 2. The first-order valence-corrected chi connectivity index (χ1v) is 8.93. The normalized spacial score (nSPS) is 12.3. The number of hydrogen-bond donors (Lipinski definition) is 0. The van der Waals surface area contributed by atoms with Crippen molar-refractivity contribution in [3.05, 3.63) is 69.7 Å². The zero-order chi connectivity index (χ0) is 16.4. The molecular formula is C16H12F2N2S3. The van der Waals surface area contributed by atoms with E-state index < -0.39 is 16.9 Å². The molecule has 3 aromatic rings. The molecule has 1 heterocycles. The van der Waals surface area contributed by atoms with E-state index in [4.69, 9.17) is 12.2 Å². The van der Waals surface area contributed by atoms with Crippen LogP contribution in [0.25, 0.3) is 5.69 Å². The number of nitrogens with zero attached hydrogens (tertiary/aromatic N) is 2. The highest BCUT2D eigenvalue weighted by Crippen LogP contribution is 2.38. The molecule has 0 bridgehead atoms. The Morgan fingerprint density at radius 3 is 2.39 bits per heavy atom. The lowest BCUT2D eigenvalue weighted by Gasteiger charge is -2.11. The first kappa shape index (κ1) is 16.3. The second kappa shape index (κ2) is 6.90. The van der Waals surface area contributed by atoms with Crippen molar-refractivity contribution in [1.82, 2.24) is 9.78 Å². The number of thioether (sulfide) groups is 1. The smallest absolute Gasteiger partial charge is 0.184 e. The molecule has 0 fully saturated rings. The summed E-state index contributed by atoms with van der Waals surface area (Å²) in [7, 11) is 0. The van der Waals surface area contributed by atoms with Gasteiger partial charge in [-0.2, -0.15) is 0 Å². The van der Waals surface area contributed by atoms with E-state index in [1.807, 2.05) is 30.3 Å². The molecule has 0 aliphatic heterocycles. The fraction of sp³-hybridized carbons (Fsp3) is 0.125. The van der Waals surface area contributed by atoms with Crippen LogP contribution in [0.4, 0.5) is 8.78 Å². The van der Waals surface area contributed by atoms with Crippen LogP contribution in [0.5, 0.6) is 0 Å². The minimum atomic E-state index is -0.545. The van der Waals surface area contributed by atoms with Crippen LogP contribution in [0.1, 0.15) is 17.7 Å². The quantitative estimate of drug-likeness (QED) is 0.430. The molecule has 0 aliphatic rings. The fourth-order valence-corrected chi connectivity index (χ4v) is 4.83. The molecule has 7 heteroatoms. The van der Waals surface area contributed by atoms with E-state index in [1.165, 1.54) is 41.3 Å². The van der Waals surface area contributed by atoms with Gasteiger partial charge in [0.15, 0.2) is 8.29 Å². The molecule has 0 amide bonds. The van der Waals surface area contributed by atoms with Crippen molar-refractivity contribution in [1.29, 1.82) is 0 Å². The molecule has 1 atom stereocenters. The molecule has 1 unspecified atom stereocenters. The van der Waals surface area contributed by atoms with E-state index in [0.29, 0.717) is 8.29 Å². The lowest BCUT2D eigenvalue weighted by molar-refractivity contribution is 0.557. The summed E-state index contributed by atoms with van der Waals surface area (Å²) in [6.07, 6.45) is 0. The molecule has 118 valence electrons. The van der Waals surface area contributed by atoms with Crippen molar-refractivity contribution in [3.63, 3.8) is 0 Å². The minimum absolute atomic E-state index is 0.0601. The highest BCUT2D eigenvalue weighted by atomic mass is 32.2. The molecule has 0 radical (unpaired) electrons. The summed E-state index contributed by atoms with van der Waals surface area (Å²) in [4.78, 5) is 0. The number of aromatic nitrogens is 2. The van der Waals surface area contributed by atoms with Gasteiger partial charge in [-0.25, -0.2) is 13.5 Å². The van der Waals surface area contributed by atoms with E-state index in [0.717, 1.165) is 5.69 Å². The van der Waals surface area contributed by atoms with Gasteiger partial charge in [-0.1, -0.05) is 47.4 Å². The highest BCUT2D eigenvalue weighted by Gasteiger charge is 2.19. The van der Waals surface area contributed by atoms with Crippen LogP contribution in [0, 0.1) is 15.6 Å². The Bertz CT molecular complexity index is 854. The topological polar surface area (TPSA) is 17.8 Å². The number of hydrogen-bond acceptors (Lipinski definition) is 4. The van der Waals surface area contributed by atoms with E-state index in [9.17, 15) is 8.78 Å². The Kier molecular flexibility index (Phi) is 4.89. The van der Waals surface area contributed by atoms with Gasteiger partial charge in [-0.3, -0.25) is 0 Å². The predicted molar refractivity (Wildman–Crippen MR) is 92.9 cm³/mol. The van der Waals surface area contributed by atoms with Crippen molar-refractivity contribution < 1.29 is 8.78 Å². The molecule has 0 N–H and O–H groups in total. The van der Waals surface area contributed by atoms with Crippen LogP contribution in [-0.4, -0.2) is 9.78 Å². The Morgan fingerprint density at radius 1 is 1.09 bits per heavy atom. The average Bonchev–Trinajstić information content (AvgIpc) is 2.88. The van der Waals surface area contributed by atoms with Crippen LogP contribution >= 0.6 is 35.3 Å². The molecule has 1 aromatic heterocycles. The van der Waals surface area contributed by atoms with Gasteiger partial charge in [-0.05, 0) is 43.4 Å². The molecule has 2 aromatic carbocycles. The largest absolute Gasteiger partial charge is 0.211 e. The zero-order valence-electron chi connectivity index (χ0n) is 12.1. The van der Waals surface area contributed by atoms with Crippen molar-refractivity contribution in [2.45, 2.75) is 16.5 Å². The summed E-state index contributed by atoms with van der Waals surface area (Å²) in [6.45, 7) is 1.75. The Balaban J connectivity index is 1.88. The van der Waals surface area contributed by atoms with Gasteiger partial charge in [0.2, 0.25) is 0 Å². The van der Waals surface area contributed by atoms with Crippen LogP contribution in [0.15, 0.2) is 52.9 Å². The van der Waals surface area contributed by atoms with E-state index >= 15 is 0 Å². The molecule has 0 saturated heterocycles. The Labute approximate surface area is 145 Å². The summed E-state index contributed by atoms with van der Waals surface area (Å²) < 4.78 is 30.6. The molecule has 3 rings (SSSR count). The second-order valence-electron chi connectivity index (χ2n) is 4.78. The lowest BCUT2D eigenvalue weighted by atomic mass is 10.1. The SMILES string of the molecule is CC(Sc1nn(-c2ccccc2)c(=S)s1)c1c(F)cccc1F. The van der Waals surface area contributed by atoms with Gasteiger partial charge in [0.05, 0.1) is 5.69 Å². The Hall–Kier alpha value is -1.57. The van der Waals surface area contributed by atoms with Gasteiger partial charge in [0, 0.05) is 10.8 Å². The number of rotatable bonds is 4. The maximum Gasteiger partial charge on any atom is 0.184 e. The standard InChI is InChI=1S/C16H12F2N2S3/c1-10(14-12(17)8-5-9-13(14)18)22-15-19-20(16(21)23-15)11-6-3-2-4-7-11/h2-10H,1H3. The van der Waals surface area contributed by atoms with Gasteiger partial charge in [-0.15, -0.1) is 5.10 Å². The third kappa shape index (κ3) is 3.52. The summed E-state index contributed by atoms with van der Waals surface area (Å²) in [5.41, 5.74) is 0.926. The minimum Gasteiger partial charge on any atom is -0.211 e. The molecule has 0 saturated carbocycles. The van der Waals surface area contributed by atoms with Gasteiger partial charge in [0.1, 0.15) is 11.6 Å². The second-order valence-corrected chi connectivity index (χ2v) is 7.99. The average molecular weight is 366 g/mol. The monoisotopic (exact) mass is 366 g/mol. The van der Waals surface area contributed by atoms with E-state index in [-0.39, 0.29) is 5.56 Å². The molecular weight excluding hydrogens is 354 g/mol. The summed E-state index contributed by atoms with van der Waals surface area (Å²) in [6, 6.07) is 13.4. The summed E-state index contributed by atoms with van der Waals surface area (Å²) in [5.74, 6) is -1.09. The highest BCUT2D eigenvalue weighted by molar-refractivity contribution is 8.01. The third-order valence-electron chi connectivity index (χ3n) is 3.21. The van der Waals surface area contributed by atoms with Crippen molar-refractivity contribution in [2.75, 3.05) is 0 Å². The summed E-state index contributed by atoms with van der Waals surface area (Å²) in [5, 5.41) is 4.05. The maximum atomic E-state index is 13.9. The van der Waals surface area contributed by atoms with E-state index in [1.54, 1.807) is 11.6 Å². The predicted octanol–water partition coefficient (Wildman–Crippen LogP) is 5.79. The van der Waals surface area contributed by atoms with Crippen LogP contribution in [0.3, 0.4) is 0 Å². The maximum absolute atomic E-state index is 13.9. The van der Waals surface area contributed by atoms with Crippen molar-refractivity contribution >= 4 is 35.3 Å². The zero-order valence-corrected chi connectivity index (χ0v) is 14.5. The van der Waals surface area contributed by atoms with Crippen LogP contribution < -0.4 is 0 Å². The first-order valence-electron chi connectivity index (χ1n) is 6.82. The molecule has 2 nitrogen and oxygen atoms in total. The Morgan fingerprint density at radius 2 is 1.74 bits per heavy atom. The van der Waals surface area contributed by atoms with Crippen molar-refractivity contribution in [3.8, 4) is 5.69 Å². The number of para-hydroxylation sites is 1. The molecule has 0 aliphatic carbocycles. The fourth-order valence-electron chi connectivity index (χ4n) is 2.15. The lowest BCUT2D eigenvalue weighted by Crippen LogP contribution is -1.99.